The molecule has 1 heterocycles. The first kappa shape index (κ1) is 25.5. The van der Waals surface area contributed by atoms with Crippen LogP contribution in [0.5, 0.6) is 11.5 Å². The molecule has 0 radical (unpaired) electrons. The van der Waals surface area contributed by atoms with Gasteiger partial charge >= 0.3 is 0 Å². The van der Waals surface area contributed by atoms with Crippen LogP contribution in [0.4, 0.5) is 5.69 Å². The lowest BCUT2D eigenvalue weighted by Crippen LogP contribution is -2.49. The molecule has 8 heteroatoms. The molecule has 0 unspecified atom stereocenters. The Morgan fingerprint density at radius 3 is 2.09 bits per heavy atom. The van der Waals surface area contributed by atoms with Gasteiger partial charge in [-0.25, -0.2) is 0 Å². The predicted octanol–water partition coefficient (Wildman–Crippen LogP) is 2.50. The highest BCUT2D eigenvalue weighted by Gasteiger charge is 2.20. The third kappa shape index (κ3) is 6.95. The van der Waals surface area contributed by atoms with E-state index in [0.29, 0.717) is 6.54 Å². The number of methoxy groups -OCH3 is 2. The third-order valence-electron chi connectivity index (χ3n) is 6.07. The second-order valence-electron chi connectivity index (χ2n) is 8.84. The van der Waals surface area contributed by atoms with Crippen molar-refractivity contribution in [3.63, 3.8) is 0 Å². The molecular weight excluding hydrogens is 432 g/mol. The van der Waals surface area contributed by atoms with Crippen LogP contribution >= 0.6 is 0 Å². The van der Waals surface area contributed by atoms with Gasteiger partial charge in [-0.15, -0.1) is 0 Å². The van der Waals surface area contributed by atoms with E-state index in [9.17, 15) is 9.59 Å². The standard InChI is InChI=1S/C26H36N4O4/c1-18-12-19(2)26(20(3)13-18)28-24(31)15-27-25(32)17-30-10-8-29(9-11-30)16-21-6-7-22(33-4)23(14-21)34-5/h6-7,12-14H,8-11,15-17H2,1-5H3,(H,27,32)(H,28,31). The second kappa shape index (κ2) is 11.9. The largest absolute Gasteiger partial charge is 0.493 e. The SMILES string of the molecule is COc1ccc(CN2CCN(CC(=O)NCC(=O)Nc3c(C)cc(C)cc3C)CC2)cc1OC. The van der Waals surface area contributed by atoms with E-state index >= 15 is 0 Å². The van der Waals surface area contributed by atoms with Gasteiger partial charge in [-0.1, -0.05) is 23.8 Å². The van der Waals surface area contributed by atoms with Crippen molar-refractivity contribution in [2.24, 2.45) is 0 Å². The number of carbonyl (C=O) groups is 2. The van der Waals surface area contributed by atoms with Gasteiger partial charge in [0.2, 0.25) is 11.8 Å². The van der Waals surface area contributed by atoms with Crippen molar-refractivity contribution in [3.8, 4) is 11.5 Å². The first-order valence-corrected chi connectivity index (χ1v) is 11.6. The number of carbonyl (C=O) groups excluding carboxylic acids is 2. The average molecular weight is 469 g/mol. The van der Waals surface area contributed by atoms with Crippen LogP contribution in [-0.2, 0) is 16.1 Å². The molecule has 1 aliphatic rings. The van der Waals surface area contributed by atoms with Gasteiger partial charge in [0.05, 0.1) is 27.3 Å². The van der Waals surface area contributed by atoms with Crippen LogP contribution in [0.1, 0.15) is 22.3 Å². The Kier molecular flexibility index (Phi) is 8.90. The fraction of sp³-hybridized carbons (Fsp3) is 0.462. The lowest BCUT2D eigenvalue weighted by atomic mass is 10.1. The summed E-state index contributed by atoms with van der Waals surface area (Å²) in [6.45, 7) is 10.4. The number of hydrogen-bond acceptors (Lipinski definition) is 6. The summed E-state index contributed by atoms with van der Waals surface area (Å²) >= 11 is 0. The number of nitrogens with one attached hydrogen (secondary N) is 2. The van der Waals surface area contributed by atoms with Crippen molar-refractivity contribution in [2.45, 2.75) is 27.3 Å². The maximum absolute atomic E-state index is 12.4. The summed E-state index contributed by atoms with van der Waals surface area (Å²) in [5, 5.41) is 5.66. The van der Waals surface area contributed by atoms with Gasteiger partial charge in [0.25, 0.3) is 0 Å². The van der Waals surface area contributed by atoms with Crippen LogP contribution in [0, 0.1) is 20.8 Å². The smallest absolute Gasteiger partial charge is 0.243 e. The van der Waals surface area contributed by atoms with Crippen LogP contribution in [0.25, 0.3) is 0 Å². The van der Waals surface area contributed by atoms with E-state index in [-0.39, 0.29) is 18.4 Å². The first-order valence-electron chi connectivity index (χ1n) is 11.6. The minimum atomic E-state index is -0.219. The molecule has 0 aromatic heterocycles. The number of ether oxygens (including phenoxy) is 2. The monoisotopic (exact) mass is 468 g/mol. The fourth-order valence-corrected chi connectivity index (χ4v) is 4.34. The van der Waals surface area contributed by atoms with Crippen molar-refractivity contribution >= 4 is 17.5 Å². The molecule has 1 aliphatic heterocycles. The van der Waals surface area contributed by atoms with Crippen molar-refractivity contribution in [3.05, 3.63) is 52.6 Å². The van der Waals surface area contributed by atoms with Gasteiger partial charge in [-0.3, -0.25) is 19.4 Å². The Balaban J connectivity index is 1.40. The second-order valence-corrected chi connectivity index (χ2v) is 8.84. The van der Waals surface area contributed by atoms with E-state index in [1.807, 2.05) is 51.1 Å². The molecule has 2 amide bonds. The van der Waals surface area contributed by atoms with Gasteiger partial charge in [0.1, 0.15) is 0 Å². The Bertz CT molecular complexity index is 993. The molecule has 2 N–H and O–H groups in total. The van der Waals surface area contributed by atoms with Crippen LogP contribution in [0.2, 0.25) is 0 Å². The van der Waals surface area contributed by atoms with Crippen LogP contribution in [-0.4, -0.2) is 75.1 Å². The zero-order valence-corrected chi connectivity index (χ0v) is 20.9. The van der Waals surface area contributed by atoms with Crippen molar-refractivity contribution in [1.29, 1.82) is 0 Å². The lowest BCUT2D eigenvalue weighted by Gasteiger charge is -2.34. The van der Waals surface area contributed by atoms with E-state index in [2.05, 4.69) is 20.4 Å². The van der Waals surface area contributed by atoms with E-state index in [1.54, 1.807) is 14.2 Å². The van der Waals surface area contributed by atoms with Gasteiger partial charge in [0.15, 0.2) is 11.5 Å². The van der Waals surface area contributed by atoms with Gasteiger partial charge in [-0.05, 0) is 49.6 Å². The number of rotatable bonds is 9. The molecule has 8 nitrogen and oxygen atoms in total. The Labute approximate surface area is 202 Å². The van der Waals surface area contributed by atoms with E-state index in [4.69, 9.17) is 9.47 Å². The molecule has 34 heavy (non-hydrogen) atoms. The van der Waals surface area contributed by atoms with Crippen molar-refractivity contribution in [2.75, 3.05) is 58.8 Å². The molecule has 184 valence electrons. The van der Waals surface area contributed by atoms with E-state index < -0.39 is 0 Å². The third-order valence-corrected chi connectivity index (χ3v) is 6.07. The summed E-state index contributed by atoms with van der Waals surface area (Å²) in [5.74, 6) is 1.09. The van der Waals surface area contributed by atoms with Crippen LogP contribution < -0.4 is 20.1 Å². The summed E-state index contributed by atoms with van der Waals surface area (Å²) in [6, 6.07) is 10.0. The normalized spacial score (nSPS) is 14.5. The van der Waals surface area contributed by atoms with Gasteiger partial charge in [-0.2, -0.15) is 0 Å². The molecular formula is C26H36N4O4. The van der Waals surface area contributed by atoms with E-state index in [1.165, 1.54) is 0 Å². The Morgan fingerprint density at radius 2 is 1.47 bits per heavy atom. The van der Waals surface area contributed by atoms with Gasteiger partial charge < -0.3 is 20.1 Å². The van der Waals surface area contributed by atoms with Crippen LogP contribution in [0.15, 0.2) is 30.3 Å². The number of benzene rings is 2. The highest BCUT2D eigenvalue weighted by Crippen LogP contribution is 2.28. The summed E-state index contributed by atoms with van der Waals surface area (Å²) in [7, 11) is 3.27. The van der Waals surface area contributed by atoms with Crippen LogP contribution in [0.3, 0.4) is 0 Å². The number of piperazine rings is 1. The maximum atomic E-state index is 12.4. The molecule has 0 saturated carbocycles. The fourth-order valence-electron chi connectivity index (χ4n) is 4.34. The maximum Gasteiger partial charge on any atom is 0.243 e. The van der Waals surface area contributed by atoms with Crippen molar-refractivity contribution < 1.29 is 19.1 Å². The number of nitrogens with zero attached hydrogens (tertiary/aromatic N) is 2. The quantitative estimate of drug-likeness (QED) is 0.589. The molecule has 0 spiro atoms. The molecule has 1 saturated heterocycles. The number of amides is 2. The minimum Gasteiger partial charge on any atom is -0.493 e. The molecule has 0 atom stereocenters. The van der Waals surface area contributed by atoms with Gasteiger partial charge in [0, 0.05) is 38.4 Å². The molecule has 3 rings (SSSR count). The lowest BCUT2D eigenvalue weighted by molar-refractivity contribution is -0.125. The summed E-state index contributed by atoms with van der Waals surface area (Å²) in [6.07, 6.45) is 0. The molecule has 2 aromatic rings. The highest BCUT2D eigenvalue weighted by atomic mass is 16.5. The zero-order chi connectivity index (χ0) is 24.7. The zero-order valence-electron chi connectivity index (χ0n) is 20.9. The predicted molar refractivity (Wildman–Crippen MR) is 134 cm³/mol. The molecule has 0 bridgehead atoms. The molecule has 0 aliphatic carbocycles. The Morgan fingerprint density at radius 1 is 0.853 bits per heavy atom. The summed E-state index contributed by atoms with van der Waals surface area (Å²) < 4.78 is 10.7. The van der Waals surface area contributed by atoms with Crippen molar-refractivity contribution in [1.82, 2.24) is 15.1 Å². The summed E-state index contributed by atoms with van der Waals surface area (Å²) in [4.78, 5) is 29.2. The highest BCUT2D eigenvalue weighted by molar-refractivity contribution is 5.96. The number of hydrogen-bond donors (Lipinski definition) is 2. The number of aryl methyl sites for hydroxylation is 3. The first-order chi connectivity index (χ1) is 16.3. The Hall–Kier alpha value is -3.10. The minimum absolute atomic E-state index is 0.0368. The van der Waals surface area contributed by atoms with E-state index in [0.717, 1.165) is 72.2 Å². The number of anilines is 1. The molecule has 2 aromatic carbocycles. The molecule has 1 fully saturated rings. The summed E-state index contributed by atoms with van der Waals surface area (Å²) in [5.41, 5.74) is 5.17. The topological polar surface area (TPSA) is 83.1 Å². The average Bonchev–Trinajstić information content (AvgIpc) is 2.81.